The van der Waals surface area contributed by atoms with Gasteiger partial charge in [-0.15, -0.1) is 0 Å². The largest absolute Gasteiger partial charge is 0.496 e. The first-order chi connectivity index (χ1) is 17.5. The molecule has 1 saturated heterocycles. The van der Waals surface area contributed by atoms with Crippen molar-refractivity contribution < 1.29 is 23.8 Å². The predicted molar refractivity (Wildman–Crippen MR) is 144 cm³/mol. The molecule has 7 heteroatoms. The Kier molecular flexibility index (Phi) is 7.64. The van der Waals surface area contributed by atoms with Crippen molar-refractivity contribution in [3.05, 3.63) is 64.3 Å². The summed E-state index contributed by atoms with van der Waals surface area (Å²) >= 11 is 0. The van der Waals surface area contributed by atoms with Gasteiger partial charge in [0, 0.05) is 29.7 Å². The number of carbonyl (C=O) groups is 2. The van der Waals surface area contributed by atoms with Gasteiger partial charge in [-0.25, -0.2) is 9.59 Å². The summed E-state index contributed by atoms with van der Waals surface area (Å²) in [5, 5.41) is 0.991. The van der Waals surface area contributed by atoms with Crippen LogP contribution in [0.5, 0.6) is 5.75 Å². The van der Waals surface area contributed by atoms with Gasteiger partial charge in [0.15, 0.2) is 0 Å². The molecule has 1 aliphatic heterocycles. The van der Waals surface area contributed by atoms with E-state index in [-0.39, 0.29) is 18.1 Å². The molecule has 1 atom stereocenters. The van der Waals surface area contributed by atoms with Crippen molar-refractivity contribution in [1.82, 2.24) is 9.47 Å². The third kappa shape index (κ3) is 5.52. The molecule has 0 radical (unpaired) electrons. The number of esters is 1. The van der Waals surface area contributed by atoms with Crippen LogP contribution in [-0.4, -0.2) is 47.9 Å². The van der Waals surface area contributed by atoms with Crippen molar-refractivity contribution in [2.45, 2.75) is 72.1 Å². The summed E-state index contributed by atoms with van der Waals surface area (Å²) in [4.78, 5) is 27.5. The maximum atomic E-state index is 13.0. The van der Waals surface area contributed by atoms with Crippen LogP contribution >= 0.6 is 0 Å². The number of ether oxygens (including phenoxy) is 3. The smallest absolute Gasteiger partial charge is 0.419 e. The first-order valence-corrected chi connectivity index (χ1v) is 12.9. The van der Waals surface area contributed by atoms with Gasteiger partial charge in [-0.3, -0.25) is 9.47 Å². The fraction of sp³-hybridized carbons (Fsp3) is 0.467. The second-order valence-electron chi connectivity index (χ2n) is 10.8. The lowest BCUT2D eigenvalue weighted by Gasteiger charge is -2.37. The second-order valence-corrected chi connectivity index (χ2v) is 10.8. The van der Waals surface area contributed by atoms with E-state index < -0.39 is 5.60 Å². The van der Waals surface area contributed by atoms with Gasteiger partial charge in [0.25, 0.3) is 0 Å². The van der Waals surface area contributed by atoms with Crippen molar-refractivity contribution in [2.24, 2.45) is 0 Å². The molecule has 0 N–H and O–H groups in total. The molecule has 2 aromatic carbocycles. The summed E-state index contributed by atoms with van der Waals surface area (Å²) in [5.41, 5.74) is 5.14. The van der Waals surface area contributed by atoms with E-state index in [4.69, 9.17) is 14.2 Å². The monoisotopic (exact) mass is 506 g/mol. The van der Waals surface area contributed by atoms with Gasteiger partial charge < -0.3 is 14.2 Å². The minimum atomic E-state index is -0.584. The number of hydrogen-bond donors (Lipinski definition) is 0. The topological polar surface area (TPSA) is 70.0 Å². The maximum absolute atomic E-state index is 13.0. The van der Waals surface area contributed by atoms with Crippen molar-refractivity contribution in [3.8, 4) is 5.75 Å². The van der Waals surface area contributed by atoms with Crippen LogP contribution in [0.2, 0.25) is 0 Å². The second kappa shape index (κ2) is 10.6. The van der Waals surface area contributed by atoms with Crippen LogP contribution in [0.4, 0.5) is 4.79 Å². The molecular weight excluding hydrogens is 468 g/mol. The van der Waals surface area contributed by atoms with Crippen LogP contribution in [0.15, 0.2) is 36.5 Å². The molecule has 0 bridgehead atoms. The highest BCUT2D eigenvalue weighted by Gasteiger charge is 2.28. The number of rotatable bonds is 5. The standard InChI is InChI=1S/C30H38N2O5/c1-19-16-21(28(33)36-7)11-12-22(19)25-10-8-9-14-31(25)18-24-23-13-15-32(29(34)37-30(3,4)5)27(23)20(2)17-26(24)35-6/h11-13,15-17,25H,8-10,14,18H2,1-7H3. The number of nitrogens with zero attached hydrogens (tertiary/aromatic N) is 2. The highest BCUT2D eigenvalue weighted by molar-refractivity contribution is 5.95. The molecule has 1 aliphatic rings. The molecule has 0 spiro atoms. The summed E-state index contributed by atoms with van der Waals surface area (Å²) in [6, 6.07) is 10.0. The Balaban J connectivity index is 1.73. The third-order valence-corrected chi connectivity index (χ3v) is 7.06. The summed E-state index contributed by atoms with van der Waals surface area (Å²) in [6.07, 6.45) is 4.70. The van der Waals surface area contributed by atoms with E-state index in [1.165, 1.54) is 12.7 Å². The van der Waals surface area contributed by atoms with E-state index in [0.717, 1.165) is 59.2 Å². The third-order valence-electron chi connectivity index (χ3n) is 7.06. The number of aromatic nitrogens is 1. The molecule has 1 aromatic heterocycles. The van der Waals surface area contributed by atoms with E-state index >= 15 is 0 Å². The number of carbonyl (C=O) groups excluding carboxylic acids is 2. The average Bonchev–Trinajstić information content (AvgIpc) is 3.31. The Bertz CT molecular complexity index is 1320. The highest BCUT2D eigenvalue weighted by Crippen LogP contribution is 2.38. The Labute approximate surface area is 219 Å². The number of aryl methyl sites for hydroxylation is 2. The molecule has 4 rings (SSSR count). The van der Waals surface area contributed by atoms with Crippen molar-refractivity contribution in [2.75, 3.05) is 20.8 Å². The molecule has 3 aromatic rings. The van der Waals surface area contributed by atoms with E-state index in [1.807, 2.05) is 52.0 Å². The molecule has 198 valence electrons. The van der Waals surface area contributed by atoms with Crippen LogP contribution in [0, 0.1) is 13.8 Å². The Morgan fingerprint density at radius 3 is 2.43 bits per heavy atom. The van der Waals surface area contributed by atoms with E-state index in [9.17, 15) is 9.59 Å². The zero-order valence-corrected chi connectivity index (χ0v) is 23.0. The van der Waals surface area contributed by atoms with Crippen molar-refractivity contribution in [3.63, 3.8) is 0 Å². The predicted octanol–water partition coefficient (Wildman–Crippen LogP) is 6.56. The molecule has 0 aliphatic carbocycles. The molecule has 1 unspecified atom stereocenters. The van der Waals surface area contributed by atoms with Crippen molar-refractivity contribution >= 4 is 23.0 Å². The lowest BCUT2D eigenvalue weighted by molar-refractivity contribution is 0.0542. The Morgan fingerprint density at radius 1 is 1.03 bits per heavy atom. The van der Waals surface area contributed by atoms with E-state index in [1.54, 1.807) is 17.9 Å². The van der Waals surface area contributed by atoms with Crippen LogP contribution in [-0.2, 0) is 16.0 Å². The zero-order valence-electron chi connectivity index (χ0n) is 23.0. The zero-order chi connectivity index (χ0) is 26.9. The van der Waals surface area contributed by atoms with E-state index in [0.29, 0.717) is 12.1 Å². The van der Waals surface area contributed by atoms with Crippen LogP contribution in [0.25, 0.3) is 10.9 Å². The minimum absolute atomic E-state index is 0.217. The van der Waals surface area contributed by atoms with E-state index in [2.05, 4.69) is 17.9 Å². The van der Waals surface area contributed by atoms with Gasteiger partial charge in [-0.1, -0.05) is 12.5 Å². The number of piperidine rings is 1. The number of benzene rings is 2. The highest BCUT2D eigenvalue weighted by atomic mass is 16.6. The van der Waals surface area contributed by atoms with Gasteiger partial charge in [-0.2, -0.15) is 0 Å². The molecular formula is C30H38N2O5. The van der Waals surface area contributed by atoms with Gasteiger partial charge in [0.05, 0.1) is 25.3 Å². The quantitative estimate of drug-likeness (QED) is 0.365. The first-order valence-electron chi connectivity index (χ1n) is 12.9. The molecule has 2 heterocycles. The summed E-state index contributed by atoms with van der Waals surface area (Å²) in [5.74, 6) is 0.491. The summed E-state index contributed by atoms with van der Waals surface area (Å²) < 4.78 is 18.0. The minimum Gasteiger partial charge on any atom is -0.496 e. The van der Waals surface area contributed by atoms with Gasteiger partial charge in [0.2, 0.25) is 0 Å². The first kappa shape index (κ1) is 26.7. The normalized spacial score (nSPS) is 16.6. The van der Waals surface area contributed by atoms with Crippen LogP contribution in [0.3, 0.4) is 0 Å². The maximum Gasteiger partial charge on any atom is 0.419 e. The molecule has 7 nitrogen and oxygen atoms in total. The fourth-order valence-corrected chi connectivity index (χ4v) is 5.40. The molecule has 1 fully saturated rings. The lowest BCUT2D eigenvalue weighted by Crippen LogP contribution is -2.33. The van der Waals surface area contributed by atoms with Gasteiger partial charge in [-0.05, 0) is 95.0 Å². The van der Waals surface area contributed by atoms with Gasteiger partial charge in [0.1, 0.15) is 11.4 Å². The summed E-state index contributed by atoms with van der Waals surface area (Å²) in [6.45, 7) is 11.3. The molecule has 37 heavy (non-hydrogen) atoms. The lowest BCUT2D eigenvalue weighted by atomic mass is 9.90. The van der Waals surface area contributed by atoms with Gasteiger partial charge >= 0.3 is 12.1 Å². The van der Waals surface area contributed by atoms with Crippen LogP contribution < -0.4 is 4.74 Å². The Hall–Kier alpha value is -3.32. The Morgan fingerprint density at radius 2 is 1.78 bits per heavy atom. The fourth-order valence-electron chi connectivity index (χ4n) is 5.40. The number of hydrogen-bond acceptors (Lipinski definition) is 6. The molecule has 0 amide bonds. The number of likely N-dealkylation sites (tertiary alicyclic amines) is 1. The SMILES string of the molecule is COC(=O)c1ccc(C2CCCCN2Cc2c(OC)cc(C)c3c2ccn3C(=O)OC(C)(C)C)c(C)c1. The average molecular weight is 507 g/mol. The summed E-state index contributed by atoms with van der Waals surface area (Å²) in [7, 11) is 3.10. The molecule has 0 saturated carbocycles. The van der Waals surface area contributed by atoms with Crippen LogP contribution in [0.1, 0.15) is 78.7 Å². The number of methoxy groups -OCH3 is 2. The number of fused-ring (bicyclic) bond motifs is 1. The van der Waals surface area contributed by atoms with Crippen molar-refractivity contribution in [1.29, 1.82) is 0 Å².